The van der Waals surface area contributed by atoms with Crippen LogP contribution in [0.3, 0.4) is 0 Å². The Labute approximate surface area is 90.2 Å². The van der Waals surface area contributed by atoms with Gasteiger partial charge in [0.1, 0.15) is 0 Å². The van der Waals surface area contributed by atoms with Crippen molar-refractivity contribution in [2.75, 3.05) is 0 Å². The summed E-state index contributed by atoms with van der Waals surface area (Å²) in [6, 6.07) is 8.27. The van der Waals surface area contributed by atoms with Gasteiger partial charge in [0.2, 0.25) is 0 Å². The van der Waals surface area contributed by atoms with Crippen molar-refractivity contribution in [3.8, 4) is 6.07 Å². The van der Waals surface area contributed by atoms with Gasteiger partial charge in [0, 0.05) is 12.4 Å². The van der Waals surface area contributed by atoms with Gasteiger partial charge in [-0.25, -0.2) is 4.98 Å². The first-order valence-corrected chi connectivity index (χ1v) is 5.41. The monoisotopic (exact) mass is 213 g/mol. The predicted molar refractivity (Wildman–Crippen MR) is 59.9 cm³/mol. The summed E-state index contributed by atoms with van der Waals surface area (Å²) in [6.07, 6.45) is 4.22. The van der Waals surface area contributed by atoms with Crippen LogP contribution in [0.5, 0.6) is 0 Å². The molecule has 0 N–H and O–H groups in total. The predicted octanol–water partition coefficient (Wildman–Crippen LogP) is 2.62. The number of hydrogen-bond acceptors (Lipinski definition) is 3. The van der Waals surface area contributed by atoms with Crippen LogP contribution in [-0.4, -0.2) is 9.38 Å². The summed E-state index contributed by atoms with van der Waals surface area (Å²) in [5.41, 5.74) is 2.23. The first-order valence-electron chi connectivity index (χ1n) is 4.60. The van der Waals surface area contributed by atoms with Crippen LogP contribution in [0.4, 0.5) is 0 Å². The van der Waals surface area contributed by atoms with Crippen molar-refractivity contribution in [3.63, 3.8) is 0 Å². The van der Waals surface area contributed by atoms with Crippen molar-refractivity contribution >= 4 is 26.5 Å². The molecule has 1 aromatic carbocycles. The number of nitriles is 1. The van der Waals surface area contributed by atoms with Crippen molar-refractivity contribution in [2.24, 2.45) is 0 Å². The third kappa shape index (κ3) is 1.21. The Morgan fingerprint density at radius 1 is 1.47 bits per heavy atom. The van der Waals surface area contributed by atoms with Crippen LogP contribution in [0.15, 0.2) is 30.6 Å². The zero-order chi connectivity index (χ0) is 10.3. The molecule has 0 bridgehead atoms. The highest BCUT2D eigenvalue weighted by Gasteiger charge is 2.05. The van der Waals surface area contributed by atoms with E-state index in [1.807, 2.05) is 18.3 Å². The van der Waals surface area contributed by atoms with Crippen LogP contribution in [0, 0.1) is 11.3 Å². The first-order chi connectivity index (χ1) is 7.38. The molecule has 0 saturated heterocycles. The lowest BCUT2D eigenvalue weighted by molar-refractivity contribution is 1.26. The Hall–Kier alpha value is -1.86. The molecule has 15 heavy (non-hydrogen) atoms. The fourth-order valence-corrected chi connectivity index (χ4v) is 2.74. The van der Waals surface area contributed by atoms with Gasteiger partial charge in [0.15, 0.2) is 4.96 Å². The SMILES string of the molecule is N#CCc1ccc2c(c1)sc1nccn12. The molecule has 3 rings (SSSR count). The lowest BCUT2D eigenvalue weighted by Crippen LogP contribution is -1.81. The normalized spacial score (nSPS) is 10.9. The molecule has 0 aliphatic carbocycles. The highest BCUT2D eigenvalue weighted by molar-refractivity contribution is 7.23. The Bertz CT molecular complexity index is 672. The van der Waals surface area contributed by atoms with E-state index in [2.05, 4.69) is 21.5 Å². The Kier molecular flexibility index (Phi) is 1.73. The molecule has 4 heteroatoms. The second kappa shape index (κ2) is 3.07. The van der Waals surface area contributed by atoms with E-state index < -0.39 is 0 Å². The van der Waals surface area contributed by atoms with E-state index in [1.54, 1.807) is 17.5 Å². The van der Waals surface area contributed by atoms with Crippen molar-refractivity contribution in [1.82, 2.24) is 9.38 Å². The molecule has 0 unspecified atom stereocenters. The second-order valence-electron chi connectivity index (χ2n) is 3.32. The number of imidazole rings is 1. The van der Waals surface area contributed by atoms with Crippen LogP contribution < -0.4 is 0 Å². The van der Waals surface area contributed by atoms with Crippen LogP contribution in [-0.2, 0) is 6.42 Å². The number of aromatic nitrogens is 2. The highest BCUT2D eigenvalue weighted by atomic mass is 32.1. The number of rotatable bonds is 1. The summed E-state index contributed by atoms with van der Waals surface area (Å²) in [6.45, 7) is 0. The maximum atomic E-state index is 8.63. The minimum atomic E-state index is 0.468. The number of benzene rings is 1. The zero-order valence-electron chi connectivity index (χ0n) is 7.84. The Balaban J connectivity index is 2.32. The molecule has 2 aromatic heterocycles. The van der Waals surface area contributed by atoms with Gasteiger partial charge < -0.3 is 0 Å². The Morgan fingerprint density at radius 2 is 2.40 bits per heavy atom. The topological polar surface area (TPSA) is 41.1 Å². The van der Waals surface area contributed by atoms with E-state index in [4.69, 9.17) is 5.26 Å². The van der Waals surface area contributed by atoms with Crippen molar-refractivity contribution in [1.29, 1.82) is 5.26 Å². The van der Waals surface area contributed by atoms with Crippen LogP contribution in [0.25, 0.3) is 15.2 Å². The summed E-state index contributed by atoms with van der Waals surface area (Å²) in [5, 5.41) is 8.63. The summed E-state index contributed by atoms with van der Waals surface area (Å²) < 4.78 is 3.25. The van der Waals surface area contributed by atoms with E-state index in [9.17, 15) is 0 Å². The Morgan fingerprint density at radius 3 is 3.27 bits per heavy atom. The fourth-order valence-electron chi connectivity index (χ4n) is 1.69. The minimum absolute atomic E-state index is 0.468. The van der Waals surface area contributed by atoms with Crippen LogP contribution >= 0.6 is 11.3 Å². The zero-order valence-corrected chi connectivity index (χ0v) is 8.66. The summed E-state index contributed by atoms with van der Waals surface area (Å²) in [7, 11) is 0. The number of hydrogen-bond donors (Lipinski definition) is 0. The maximum absolute atomic E-state index is 8.63. The second-order valence-corrected chi connectivity index (χ2v) is 4.33. The van der Waals surface area contributed by atoms with Gasteiger partial charge in [-0.3, -0.25) is 4.40 Å². The molecule has 0 fully saturated rings. The largest absolute Gasteiger partial charge is 0.290 e. The maximum Gasteiger partial charge on any atom is 0.194 e. The summed E-state index contributed by atoms with van der Waals surface area (Å²) in [4.78, 5) is 5.25. The van der Waals surface area contributed by atoms with Gasteiger partial charge in [-0.05, 0) is 17.7 Å². The van der Waals surface area contributed by atoms with Gasteiger partial charge in [0.25, 0.3) is 0 Å². The molecule has 0 saturated carbocycles. The van der Waals surface area contributed by atoms with E-state index in [1.165, 1.54) is 4.70 Å². The molecule has 3 nitrogen and oxygen atoms in total. The van der Waals surface area contributed by atoms with E-state index >= 15 is 0 Å². The number of nitrogens with zero attached hydrogens (tertiary/aromatic N) is 3. The molecular formula is C11H7N3S. The molecule has 0 atom stereocenters. The number of thiazole rings is 1. The van der Waals surface area contributed by atoms with Gasteiger partial charge in [-0.1, -0.05) is 17.4 Å². The van der Waals surface area contributed by atoms with Crippen molar-refractivity contribution in [2.45, 2.75) is 6.42 Å². The van der Waals surface area contributed by atoms with Gasteiger partial charge in [-0.15, -0.1) is 0 Å². The third-order valence-corrected chi connectivity index (χ3v) is 3.41. The first kappa shape index (κ1) is 8.45. The van der Waals surface area contributed by atoms with Gasteiger partial charge >= 0.3 is 0 Å². The van der Waals surface area contributed by atoms with Crippen LogP contribution in [0.2, 0.25) is 0 Å². The van der Waals surface area contributed by atoms with E-state index in [-0.39, 0.29) is 0 Å². The quantitative estimate of drug-likeness (QED) is 0.623. The fraction of sp³-hybridized carbons (Fsp3) is 0.0909. The molecule has 0 aliphatic rings. The summed E-state index contributed by atoms with van der Waals surface area (Å²) >= 11 is 1.65. The molecule has 72 valence electrons. The molecular weight excluding hydrogens is 206 g/mol. The third-order valence-electron chi connectivity index (χ3n) is 2.37. The standard InChI is InChI=1S/C11H7N3S/c12-4-3-8-1-2-9-10(7-8)15-11-13-5-6-14(9)11/h1-2,5-7H,3H2. The van der Waals surface area contributed by atoms with Crippen LogP contribution in [0.1, 0.15) is 5.56 Å². The molecule has 0 spiro atoms. The molecule has 0 aliphatic heterocycles. The lowest BCUT2D eigenvalue weighted by atomic mass is 10.1. The van der Waals surface area contributed by atoms with Gasteiger partial charge in [0.05, 0.1) is 22.7 Å². The van der Waals surface area contributed by atoms with Crippen molar-refractivity contribution in [3.05, 3.63) is 36.2 Å². The molecule has 2 heterocycles. The smallest absolute Gasteiger partial charge is 0.194 e. The lowest BCUT2D eigenvalue weighted by Gasteiger charge is -1.94. The summed E-state index contributed by atoms with van der Waals surface area (Å²) in [5.74, 6) is 0. The highest BCUT2D eigenvalue weighted by Crippen LogP contribution is 2.26. The van der Waals surface area contributed by atoms with Crippen molar-refractivity contribution < 1.29 is 0 Å². The van der Waals surface area contributed by atoms with Gasteiger partial charge in [-0.2, -0.15) is 5.26 Å². The average molecular weight is 213 g/mol. The van der Waals surface area contributed by atoms with E-state index in [0.29, 0.717) is 6.42 Å². The molecule has 0 radical (unpaired) electrons. The molecule has 3 aromatic rings. The average Bonchev–Trinajstić information content (AvgIpc) is 2.77. The number of fused-ring (bicyclic) bond motifs is 3. The van der Waals surface area contributed by atoms with E-state index in [0.717, 1.165) is 16.0 Å². The molecule has 0 amide bonds. The minimum Gasteiger partial charge on any atom is -0.290 e.